The van der Waals surface area contributed by atoms with Gasteiger partial charge in [0.2, 0.25) is 0 Å². The van der Waals surface area contributed by atoms with Crippen LogP contribution < -0.4 is 5.73 Å². The summed E-state index contributed by atoms with van der Waals surface area (Å²) < 4.78 is 10.5. The first-order valence-electron chi connectivity index (χ1n) is 6.61. The molecule has 0 aliphatic heterocycles. The van der Waals surface area contributed by atoms with Crippen molar-refractivity contribution < 1.29 is 14.3 Å². The number of carbonyl (C=O) groups is 1. The van der Waals surface area contributed by atoms with Gasteiger partial charge in [0.05, 0.1) is 12.5 Å². The second-order valence-electron chi connectivity index (χ2n) is 5.19. The molecule has 0 bridgehead atoms. The Morgan fingerprint density at radius 1 is 1.29 bits per heavy atom. The molecule has 0 aromatic heterocycles. The third-order valence-electron chi connectivity index (χ3n) is 3.05. The van der Waals surface area contributed by atoms with E-state index < -0.39 is 0 Å². The van der Waals surface area contributed by atoms with E-state index in [0.29, 0.717) is 25.7 Å². The average Bonchev–Trinajstić information content (AvgIpc) is 2.28. The van der Waals surface area contributed by atoms with Crippen molar-refractivity contribution >= 4 is 5.97 Å². The third-order valence-corrected chi connectivity index (χ3v) is 3.05. The summed E-state index contributed by atoms with van der Waals surface area (Å²) in [6.07, 6.45) is 4.01. The lowest BCUT2D eigenvalue weighted by Crippen LogP contribution is -2.39. The van der Waals surface area contributed by atoms with Crippen molar-refractivity contribution in [3.8, 4) is 0 Å². The number of nitrogens with two attached hydrogens (primary N) is 1. The van der Waals surface area contributed by atoms with Gasteiger partial charge in [0, 0.05) is 12.6 Å². The van der Waals surface area contributed by atoms with Crippen LogP contribution in [0.1, 0.15) is 39.5 Å². The van der Waals surface area contributed by atoms with Gasteiger partial charge in [-0.1, -0.05) is 26.7 Å². The monoisotopic (exact) mass is 243 g/mol. The van der Waals surface area contributed by atoms with E-state index in [-0.39, 0.29) is 17.9 Å². The van der Waals surface area contributed by atoms with E-state index in [4.69, 9.17) is 15.2 Å². The standard InChI is InChI=1S/C13H25NO3/c1-10(2)9-16-7-8-17-13(15)11-5-3-4-6-12(11)14/h10-12H,3-9,14H2,1-2H3. The van der Waals surface area contributed by atoms with Gasteiger partial charge >= 0.3 is 5.97 Å². The van der Waals surface area contributed by atoms with Crippen molar-refractivity contribution in [2.24, 2.45) is 17.6 Å². The normalized spacial score (nSPS) is 24.9. The van der Waals surface area contributed by atoms with Crippen LogP contribution in [0.2, 0.25) is 0 Å². The first kappa shape index (κ1) is 14.5. The zero-order chi connectivity index (χ0) is 12.7. The van der Waals surface area contributed by atoms with Crippen molar-refractivity contribution in [1.82, 2.24) is 0 Å². The van der Waals surface area contributed by atoms with Gasteiger partial charge in [0.15, 0.2) is 0 Å². The third kappa shape index (κ3) is 5.50. The summed E-state index contributed by atoms with van der Waals surface area (Å²) in [7, 11) is 0. The number of hydrogen-bond acceptors (Lipinski definition) is 4. The van der Waals surface area contributed by atoms with Crippen LogP contribution in [0.3, 0.4) is 0 Å². The maximum atomic E-state index is 11.7. The first-order chi connectivity index (χ1) is 8.11. The molecule has 1 fully saturated rings. The molecule has 0 aromatic rings. The first-order valence-corrected chi connectivity index (χ1v) is 6.61. The Labute approximate surface area is 104 Å². The van der Waals surface area contributed by atoms with Crippen LogP contribution >= 0.6 is 0 Å². The van der Waals surface area contributed by atoms with Crippen LogP contribution in [-0.2, 0) is 14.3 Å². The number of carbonyl (C=O) groups excluding carboxylic acids is 1. The van der Waals surface area contributed by atoms with Crippen molar-refractivity contribution in [3.63, 3.8) is 0 Å². The smallest absolute Gasteiger partial charge is 0.310 e. The Morgan fingerprint density at radius 2 is 2.00 bits per heavy atom. The molecule has 4 heteroatoms. The molecule has 4 nitrogen and oxygen atoms in total. The lowest BCUT2D eigenvalue weighted by Gasteiger charge is -2.26. The van der Waals surface area contributed by atoms with Crippen LogP contribution in [0.5, 0.6) is 0 Å². The van der Waals surface area contributed by atoms with Crippen LogP contribution in [0.4, 0.5) is 0 Å². The molecule has 0 aromatic carbocycles. The fourth-order valence-electron chi connectivity index (χ4n) is 2.08. The van der Waals surface area contributed by atoms with E-state index in [0.717, 1.165) is 25.7 Å². The minimum absolute atomic E-state index is 0.0205. The highest BCUT2D eigenvalue weighted by Gasteiger charge is 2.29. The van der Waals surface area contributed by atoms with Gasteiger partial charge in [-0.3, -0.25) is 4.79 Å². The molecular formula is C13H25NO3. The maximum Gasteiger partial charge on any atom is 0.310 e. The van der Waals surface area contributed by atoms with E-state index in [1.54, 1.807) is 0 Å². The van der Waals surface area contributed by atoms with E-state index in [1.165, 1.54) is 0 Å². The van der Waals surface area contributed by atoms with Crippen molar-refractivity contribution in [2.45, 2.75) is 45.6 Å². The van der Waals surface area contributed by atoms with Crippen molar-refractivity contribution in [1.29, 1.82) is 0 Å². The molecule has 1 aliphatic rings. The SMILES string of the molecule is CC(C)COCCOC(=O)C1CCCCC1N. The van der Waals surface area contributed by atoms with Crippen LogP contribution in [0, 0.1) is 11.8 Å². The van der Waals surface area contributed by atoms with Crippen molar-refractivity contribution in [2.75, 3.05) is 19.8 Å². The number of hydrogen-bond donors (Lipinski definition) is 1. The highest BCUT2D eigenvalue weighted by Crippen LogP contribution is 2.23. The van der Waals surface area contributed by atoms with Crippen LogP contribution in [0.25, 0.3) is 0 Å². The van der Waals surface area contributed by atoms with Crippen LogP contribution in [-0.4, -0.2) is 31.8 Å². The van der Waals surface area contributed by atoms with E-state index in [9.17, 15) is 4.79 Å². The molecule has 0 radical (unpaired) electrons. The fraction of sp³-hybridized carbons (Fsp3) is 0.923. The Hall–Kier alpha value is -0.610. The molecule has 1 rings (SSSR count). The van der Waals surface area contributed by atoms with Gasteiger partial charge in [0.25, 0.3) is 0 Å². The lowest BCUT2D eigenvalue weighted by molar-refractivity contribution is -0.151. The Balaban J connectivity index is 2.11. The molecule has 1 aliphatic carbocycles. The molecule has 2 unspecified atom stereocenters. The molecule has 1 saturated carbocycles. The number of rotatable bonds is 6. The summed E-state index contributed by atoms with van der Waals surface area (Å²) in [6.45, 7) is 5.71. The summed E-state index contributed by atoms with van der Waals surface area (Å²) in [6, 6.07) is -0.0205. The maximum absolute atomic E-state index is 11.7. The molecule has 2 atom stereocenters. The summed E-state index contributed by atoms with van der Waals surface area (Å²) in [4.78, 5) is 11.7. The van der Waals surface area contributed by atoms with Gasteiger partial charge in [-0.05, 0) is 18.8 Å². The minimum Gasteiger partial charge on any atom is -0.463 e. The van der Waals surface area contributed by atoms with E-state index >= 15 is 0 Å². The van der Waals surface area contributed by atoms with Gasteiger partial charge in [0.1, 0.15) is 6.61 Å². The van der Waals surface area contributed by atoms with E-state index in [1.807, 2.05) is 0 Å². The predicted octanol–water partition coefficient (Wildman–Crippen LogP) is 1.72. The highest BCUT2D eigenvalue weighted by molar-refractivity contribution is 5.73. The Morgan fingerprint density at radius 3 is 2.65 bits per heavy atom. The largest absolute Gasteiger partial charge is 0.463 e. The van der Waals surface area contributed by atoms with Crippen LogP contribution in [0.15, 0.2) is 0 Å². The van der Waals surface area contributed by atoms with Gasteiger partial charge in [-0.15, -0.1) is 0 Å². The second-order valence-corrected chi connectivity index (χ2v) is 5.19. The van der Waals surface area contributed by atoms with Gasteiger partial charge in [-0.2, -0.15) is 0 Å². The average molecular weight is 243 g/mol. The van der Waals surface area contributed by atoms with Crippen molar-refractivity contribution in [3.05, 3.63) is 0 Å². The Kier molecular flexibility index (Phi) is 6.52. The number of ether oxygens (including phenoxy) is 2. The zero-order valence-corrected chi connectivity index (χ0v) is 11.0. The number of esters is 1. The molecular weight excluding hydrogens is 218 g/mol. The summed E-state index contributed by atoms with van der Waals surface area (Å²) >= 11 is 0. The topological polar surface area (TPSA) is 61.5 Å². The zero-order valence-electron chi connectivity index (χ0n) is 11.0. The molecule has 17 heavy (non-hydrogen) atoms. The minimum atomic E-state index is -0.148. The van der Waals surface area contributed by atoms with Gasteiger partial charge in [-0.25, -0.2) is 0 Å². The Bertz CT molecular complexity index is 231. The molecule has 0 saturated heterocycles. The summed E-state index contributed by atoms with van der Waals surface area (Å²) in [5.74, 6) is 0.261. The molecule has 0 amide bonds. The fourth-order valence-corrected chi connectivity index (χ4v) is 2.08. The molecule has 0 heterocycles. The molecule has 0 spiro atoms. The highest BCUT2D eigenvalue weighted by atomic mass is 16.6. The predicted molar refractivity (Wildman–Crippen MR) is 66.5 cm³/mol. The van der Waals surface area contributed by atoms with E-state index in [2.05, 4.69) is 13.8 Å². The van der Waals surface area contributed by atoms with Gasteiger partial charge < -0.3 is 15.2 Å². The quantitative estimate of drug-likeness (QED) is 0.570. The molecule has 100 valence electrons. The lowest BCUT2D eigenvalue weighted by atomic mass is 9.85. The summed E-state index contributed by atoms with van der Waals surface area (Å²) in [5, 5.41) is 0. The second kappa shape index (κ2) is 7.67. The molecule has 2 N–H and O–H groups in total. The summed E-state index contributed by atoms with van der Waals surface area (Å²) in [5.41, 5.74) is 5.92.